The molecule has 1 aromatic carbocycles. The number of halogens is 1. The Morgan fingerprint density at radius 2 is 2.11 bits per heavy atom. The number of para-hydroxylation sites is 1. The molecule has 0 aliphatic carbocycles. The average Bonchev–Trinajstić information content (AvgIpc) is 3.12. The Bertz CT molecular complexity index is 947. The quantitative estimate of drug-likeness (QED) is 0.588. The minimum atomic E-state index is 0.574. The lowest BCUT2D eigenvalue weighted by Gasteiger charge is -2.28. The van der Waals surface area contributed by atoms with Crippen LogP contribution in [0.15, 0.2) is 30.5 Å². The minimum absolute atomic E-state index is 0.574. The van der Waals surface area contributed by atoms with Crippen LogP contribution in [0.25, 0.3) is 22.4 Å². The van der Waals surface area contributed by atoms with Gasteiger partial charge in [0.05, 0.1) is 28.2 Å². The topological polar surface area (TPSA) is 54.0 Å². The van der Waals surface area contributed by atoms with Crippen molar-refractivity contribution in [1.82, 2.24) is 19.9 Å². The highest BCUT2D eigenvalue weighted by atomic mass is 35.5. The Morgan fingerprint density at radius 1 is 1.29 bits per heavy atom. The highest BCUT2D eigenvalue weighted by Gasteiger charge is 2.16. The average molecular weight is 399 g/mol. The largest absolute Gasteiger partial charge is 0.478 e. The maximum Gasteiger partial charge on any atom is 0.214 e. The highest BCUT2D eigenvalue weighted by Crippen LogP contribution is 2.30. The molecule has 0 unspecified atom stereocenters. The van der Waals surface area contributed by atoms with Crippen LogP contribution in [0.1, 0.15) is 31.2 Å². The first-order valence-electron chi connectivity index (χ1n) is 10.0. The van der Waals surface area contributed by atoms with Gasteiger partial charge in [0, 0.05) is 12.3 Å². The van der Waals surface area contributed by atoms with Gasteiger partial charge >= 0.3 is 0 Å². The number of imidazole rings is 1. The molecule has 1 N–H and O–H groups in total. The number of hydrogen-bond acceptors (Lipinski definition) is 4. The molecule has 28 heavy (non-hydrogen) atoms. The lowest BCUT2D eigenvalue weighted by atomic mass is 9.93. The predicted molar refractivity (Wildman–Crippen MR) is 114 cm³/mol. The van der Waals surface area contributed by atoms with E-state index in [1.165, 1.54) is 32.4 Å². The van der Waals surface area contributed by atoms with E-state index < -0.39 is 0 Å². The second-order valence-corrected chi connectivity index (χ2v) is 8.20. The molecule has 3 aromatic rings. The number of nitrogens with zero attached hydrogens (tertiary/aromatic N) is 3. The lowest BCUT2D eigenvalue weighted by Crippen LogP contribution is -2.30. The van der Waals surface area contributed by atoms with Crippen LogP contribution < -0.4 is 4.74 Å². The summed E-state index contributed by atoms with van der Waals surface area (Å²) in [6.07, 6.45) is 6.61. The fourth-order valence-corrected chi connectivity index (χ4v) is 4.10. The van der Waals surface area contributed by atoms with Crippen molar-refractivity contribution in [2.24, 2.45) is 5.92 Å². The minimum Gasteiger partial charge on any atom is -0.478 e. The molecule has 1 fully saturated rings. The Balaban J connectivity index is 1.35. The fourth-order valence-electron chi connectivity index (χ4n) is 3.87. The number of fused-ring (bicyclic) bond motifs is 1. The summed E-state index contributed by atoms with van der Waals surface area (Å²) in [7, 11) is 2.20. The number of aromatic amines is 1. The maximum atomic E-state index is 6.49. The number of nitrogens with one attached hydrogen (secondary N) is 1. The van der Waals surface area contributed by atoms with Gasteiger partial charge in [-0.3, -0.25) is 0 Å². The molecule has 2 aromatic heterocycles. The van der Waals surface area contributed by atoms with Crippen LogP contribution in [-0.2, 0) is 0 Å². The molecule has 6 heteroatoms. The van der Waals surface area contributed by atoms with E-state index in [0.29, 0.717) is 17.5 Å². The molecule has 3 heterocycles. The summed E-state index contributed by atoms with van der Waals surface area (Å²) in [6, 6.07) is 7.87. The second-order valence-electron chi connectivity index (χ2n) is 7.80. The number of rotatable bonds is 6. The van der Waals surface area contributed by atoms with E-state index in [-0.39, 0.29) is 0 Å². The van der Waals surface area contributed by atoms with Crippen molar-refractivity contribution in [2.45, 2.75) is 32.6 Å². The van der Waals surface area contributed by atoms with Crippen molar-refractivity contribution in [1.29, 1.82) is 0 Å². The standard InChI is InChI=1S/C22H27ClN4O/c1-15-5-3-7-19-21(15)26-22(25-19)17-14-24-20(13-18(17)23)28-12-4-6-16-8-10-27(2)11-9-16/h3,5,7,13-14,16H,4,6,8-12H2,1-2H3,(H,25,26). The molecule has 148 valence electrons. The number of ether oxygens (including phenoxy) is 1. The van der Waals surface area contributed by atoms with Crippen LogP contribution in [-0.4, -0.2) is 46.6 Å². The van der Waals surface area contributed by atoms with Crippen LogP contribution in [0.4, 0.5) is 0 Å². The predicted octanol–water partition coefficient (Wildman–Crippen LogP) is 5.09. The lowest BCUT2D eigenvalue weighted by molar-refractivity contribution is 0.199. The summed E-state index contributed by atoms with van der Waals surface area (Å²) in [4.78, 5) is 14.8. The summed E-state index contributed by atoms with van der Waals surface area (Å²) < 4.78 is 5.83. The Labute approximate surface area is 171 Å². The number of pyridine rings is 1. The van der Waals surface area contributed by atoms with Gasteiger partial charge in [0.2, 0.25) is 5.88 Å². The third-order valence-electron chi connectivity index (χ3n) is 5.64. The molecule has 0 atom stereocenters. The molecule has 0 bridgehead atoms. The molecular weight excluding hydrogens is 372 g/mol. The molecule has 5 nitrogen and oxygen atoms in total. The van der Waals surface area contributed by atoms with E-state index in [1.54, 1.807) is 12.3 Å². The van der Waals surface area contributed by atoms with E-state index in [4.69, 9.17) is 16.3 Å². The zero-order valence-corrected chi connectivity index (χ0v) is 17.3. The zero-order chi connectivity index (χ0) is 19.5. The van der Waals surface area contributed by atoms with E-state index in [2.05, 4.69) is 39.9 Å². The monoisotopic (exact) mass is 398 g/mol. The third-order valence-corrected chi connectivity index (χ3v) is 5.96. The van der Waals surface area contributed by atoms with Crippen LogP contribution in [0, 0.1) is 12.8 Å². The van der Waals surface area contributed by atoms with Crippen LogP contribution >= 0.6 is 11.6 Å². The van der Waals surface area contributed by atoms with Gasteiger partial charge in [-0.25, -0.2) is 9.97 Å². The molecule has 0 radical (unpaired) electrons. The van der Waals surface area contributed by atoms with Crippen molar-refractivity contribution in [3.05, 3.63) is 41.0 Å². The van der Waals surface area contributed by atoms with Gasteiger partial charge in [-0.05, 0) is 70.3 Å². The second kappa shape index (κ2) is 8.50. The van der Waals surface area contributed by atoms with Gasteiger partial charge in [-0.2, -0.15) is 0 Å². The van der Waals surface area contributed by atoms with E-state index in [9.17, 15) is 0 Å². The molecule has 1 aliphatic heterocycles. The van der Waals surface area contributed by atoms with E-state index >= 15 is 0 Å². The van der Waals surface area contributed by atoms with Gasteiger partial charge < -0.3 is 14.6 Å². The van der Waals surface area contributed by atoms with Gasteiger partial charge in [0.1, 0.15) is 5.82 Å². The van der Waals surface area contributed by atoms with Crippen molar-refractivity contribution < 1.29 is 4.74 Å². The SMILES string of the molecule is Cc1cccc2[nH]c(-c3cnc(OCCCC4CCN(C)CC4)cc3Cl)nc12. The molecule has 4 rings (SSSR count). The summed E-state index contributed by atoms with van der Waals surface area (Å²) in [5.74, 6) is 2.13. The summed E-state index contributed by atoms with van der Waals surface area (Å²) >= 11 is 6.49. The van der Waals surface area contributed by atoms with E-state index in [0.717, 1.165) is 40.3 Å². The molecule has 1 aliphatic rings. The number of benzene rings is 1. The first-order valence-corrected chi connectivity index (χ1v) is 10.4. The Hall–Kier alpha value is -2.11. The third kappa shape index (κ3) is 4.31. The van der Waals surface area contributed by atoms with Crippen molar-refractivity contribution in [3.63, 3.8) is 0 Å². The maximum absolute atomic E-state index is 6.49. The van der Waals surface area contributed by atoms with Crippen molar-refractivity contribution in [2.75, 3.05) is 26.7 Å². The normalized spacial score (nSPS) is 16.0. The molecule has 1 saturated heterocycles. The highest BCUT2D eigenvalue weighted by molar-refractivity contribution is 6.33. The number of aryl methyl sites for hydroxylation is 1. The number of likely N-dealkylation sites (tertiary alicyclic amines) is 1. The zero-order valence-electron chi connectivity index (χ0n) is 16.5. The summed E-state index contributed by atoms with van der Waals surface area (Å²) in [5, 5.41) is 0.594. The number of H-pyrrole nitrogens is 1. The van der Waals surface area contributed by atoms with Gasteiger partial charge in [0.25, 0.3) is 0 Å². The number of aromatic nitrogens is 3. The molecule has 0 amide bonds. The Morgan fingerprint density at radius 3 is 2.86 bits per heavy atom. The van der Waals surface area contributed by atoms with E-state index in [1.807, 2.05) is 12.1 Å². The first kappa shape index (κ1) is 19.2. The van der Waals surface area contributed by atoms with Crippen LogP contribution in [0.5, 0.6) is 5.88 Å². The number of piperidine rings is 1. The Kier molecular flexibility index (Phi) is 5.83. The molecular formula is C22H27ClN4O. The molecule has 0 saturated carbocycles. The summed E-state index contributed by atoms with van der Waals surface area (Å²) in [5.41, 5.74) is 3.88. The van der Waals surface area contributed by atoms with Gasteiger partial charge in [-0.1, -0.05) is 23.7 Å². The van der Waals surface area contributed by atoms with Crippen molar-refractivity contribution >= 4 is 22.6 Å². The molecule has 0 spiro atoms. The fraction of sp³-hybridized carbons (Fsp3) is 0.455. The van der Waals surface area contributed by atoms with Gasteiger partial charge in [0.15, 0.2) is 0 Å². The smallest absolute Gasteiger partial charge is 0.214 e. The van der Waals surface area contributed by atoms with Gasteiger partial charge in [-0.15, -0.1) is 0 Å². The first-order chi connectivity index (χ1) is 13.6. The van der Waals surface area contributed by atoms with Crippen LogP contribution in [0.3, 0.4) is 0 Å². The number of hydrogen-bond donors (Lipinski definition) is 1. The van der Waals surface area contributed by atoms with Crippen LogP contribution in [0.2, 0.25) is 5.02 Å². The summed E-state index contributed by atoms with van der Waals surface area (Å²) in [6.45, 7) is 5.16. The van der Waals surface area contributed by atoms with Crippen molar-refractivity contribution in [3.8, 4) is 17.3 Å².